The minimum atomic E-state index is -0.250. The van der Waals surface area contributed by atoms with Gasteiger partial charge in [-0.3, -0.25) is 9.59 Å². The van der Waals surface area contributed by atoms with Crippen LogP contribution in [0.15, 0.2) is 18.3 Å². The van der Waals surface area contributed by atoms with Gasteiger partial charge in [-0.1, -0.05) is 0 Å². The number of hydrogen-bond acceptors (Lipinski definition) is 6. The van der Waals surface area contributed by atoms with Crippen molar-refractivity contribution in [2.45, 2.75) is 31.7 Å². The first-order chi connectivity index (χ1) is 13.6. The van der Waals surface area contributed by atoms with Gasteiger partial charge in [-0.25, -0.2) is 4.68 Å². The first-order valence-electron chi connectivity index (χ1n) is 9.05. The van der Waals surface area contributed by atoms with Crippen LogP contribution in [-0.2, 0) is 16.1 Å². The summed E-state index contributed by atoms with van der Waals surface area (Å²) < 4.78 is 18.4. The Labute approximate surface area is 161 Å². The lowest BCUT2D eigenvalue weighted by molar-refractivity contribution is -0.123. The summed E-state index contributed by atoms with van der Waals surface area (Å²) >= 11 is 0. The zero-order valence-corrected chi connectivity index (χ0v) is 15.4. The summed E-state index contributed by atoms with van der Waals surface area (Å²) in [7, 11) is 1.60. The fraction of sp³-hybridized carbons (Fsp3) is 0.421. The molecule has 5 rings (SSSR count). The molecule has 0 radical (unpaired) electrons. The molecule has 1 amide bonds. The number of rotatable bonds is 4. The number of nitrogens with one attached hydrogen (secondary N) is 1. The molecule has 2 aromatic rings. The van der Waals surface area contributed by atoms with E-state index in [2.05, 4.69) is 10.4 Å². The van der Waals surface area contributed by atoms with Crippen LogP contribution in [0.2, 0.25) is 0 Å². The third-order valence-corrected chi connectivity index (χ3v) is 5.10. The maximum atomic E-state index is 12.3. The van der Waals surface area contributed by atoms with Crippen molar-refractivity contribution in [3.8, 4) is 17.2 Å². The summed E-state index contributed by atoms with van der Waals surface area (Å²) in [6, 6.07) is 3.87. The molecule has 0 bridgehead atoms. The lowest BCUT2D eigenvalue weighted by atomic mass is 9.87. The standard InChI is InChI=1S/C18H19N3O4.CH2O2/c1-23-14-4-11(5-15-17(14)25-9-24-15)12-6-16(22)20-18-13(12)7-19-21(18)8-10-2-3-10;2-1-3/h4-5,7,10,12H,2-3,6,8-9H2,1H3,(H,20,22);1H,(H,2,3). The molecule has 148 valence electrons. The Morgan fingerprint density at radius 3 is 2.89 bits per heavy atom. The number of methoxy groups -OCH3 is 1. The minimum Gasteiger partial charge on any atom is -0.493 e. The maximum absolute atomic E-state index is 12.3. The highest BCUT2D eigenvalue weighted by Crippen LogP contribution is 2.46. The molecule has 1 saturated carbocycles. The Hall–Kier alpha value is -3.23. The molecule has 1 unspecified atom stereocenters. The van der Waals surface area contributed by atoms with Crippen LogP contribution in [0.5, 0.6) is 17.2 Å². The van der Waals surface area contributed by atoms with E-state index >= 15 is 0 Å². The van der Waals surface area contributed by atoms with Gasteiger partial charge in [-0.15, -0.1) is 0 Å². The first kappa shape index (κ1) is 18.1. The molecule has 0 spiro atoms. The van der Waals surface area contributed by atoms with E-state index in [9.17, 15) is 4.79 Å². The van der Waals surface area contributed by atoms with Crippen LogP contribution >= 0.6 is 0 Å². The van der Waals surface area contributed by atoms with Crippen molar-refractivity contribution < 1.29 is 28.9 Å². The maximum Gasteiger partial charge on any atom is 0.290 e. The average molecular weight is 387 g/mol. The highest BCUT2D eigenvalue weighted by molar-refractivity contribution is 5.94. The van der Waals surface area contributed by atoms with Crippen LogP contribution in [0.4, 0.5) is 5.82 Å². The monoisotopic (exact) mass is 387 g/mol. The zero-order valence-electron chi connectivity index (χ0n) is 15.4. The molecule has 3 aliphatic rings. The SMILES string of the molecule is COc1cc(C2CC(=O)Nc3c2cnn3CC2CC2)cc2c1OCO2.O=CO. The molecule has 0 saturated heterocycles. The summed E-state index contributed by atoms with van der Waals surface area (Å²) in [5.41, 5.74) is 2.02. The van der Waals surface area contributed by atoms with Crippen LogP contribution in [0, 0.1) is 5.92 Å². The van der Waals surface area contributed by atoms with Crippen LogP contribution in [0.1, 0.15) is 36.3 Å². The quantitative estimate of drug-likeness (QED) is 0.774. The van der Waals surface area contributed by atoms with Crippen molar-refractivity contribution in [1.82, 2.24) is 9.78 Å². The molecular formula is C19H21N3O6. The zero-order chi connectivity index (χ0) is 19.7. The van der Waals surface area contributed by atoms with Gasteiger partial charge >= 0.3 is 0 Å². The predicted molar refractivity (Wildman–Crippen MR) is 97.9 cm³/mol. The number of hydrogen-bond donors (Lipinski definition) is 2. The highest BCUT2D eigenvalue weighted by Gasteiger charge is 2.33. The number of carboxylic acid groups (broad SMARTS) is 1. The molecule has 2 N–H and O–H groups in total. The van der Waals surface area contributed by atoms with Crippen LogP contribution < -0.4 is 19.5 Å². The van der Waals surface area contributed by atoms with E-state index in [0.29, 0.717) is 29.6 Å². The van der Waals surface area contributed by atoms with Crippen LogP contribution in [-0.4, -0.2) is 41.2 Å². The van der Waals surface area contributed by atoms with Gasteiger partial charge < -0.3 is 24.6 Å². The largest absolute Gasteiger partial charge is 0.493 e. The summed E-state index contributed by atoms with van der Waals surface area (Å²) in [5, 5.41) is 14.4. The number of ether oxygens (including phenoxy) is 3. The average Bonchev–Trinajstić information content (AvgIpc) is 3.22. The summed E-state index contributed by atoms with van der Waals surface area (Å²) in [6.45, 7) is 0.803. The van der Waals surface area contributed by atoms with E-state index in [-0.39, 0.29) is 25.1 Å². The third kappa shape index (κ3) is 3.35. The lowest BCUT2D eigenvalue weighted by Gasteiger charge is -2.24. The number of aromatic nitrogens is 2. The number of carbonyl (C=O) groups excluding carboxylic acids is 1. The van der Waals surface area contributed by atoms with Crippen LogP contribution in [0.25, 0.3) is 0 Å². The molecule has 1 atom stereocenters. The normalized spacial score (nSPS) is 19.2. The molecule has 28 heavy (non-hydrogen) atoms. The molecule has 9 nitrogen and oxygen atoms in total. The van der Waals surface area contributed by atoms with Gasteiger partial charge in [0, 0.05) is 24.4 Å². The molecule has 1 aromatic carbocycles. The van der Waals surface area contributed by atoms with Crippen molar-refractivity contribution in [1.29, 1.82) is 0 Å². The Balaban J connectivity index is 0.000000604. The van der Waals surface area contributed by atoms with E-state index in [1.807, 2.05) is 23.0 Å². The Kier molecular flexibility index (Phi) is 4.81. The Morgan fingerprint density at radius 1 is 1.39 bits per heavy atom. The van der Waals surface area contributed by atoms with E-state index < -0.39 is 0 Å². The summed E-state index contributed by atoms with van der Waals surface area (Å²) in [6.07, 6.45) is 4.74. The number of benzene rings is 1. The highest BCUT2D eigenvalue weighted by atomic mass is 16.7. The van der Waals surface area contributed by atoms with E-state index in [0.717, 1.165) is 23.5 Å². The molecule has 1 aliphatic carbocycles. The number of anilines is 1. The number of fused-ring (bicyclic) bond motifs is 2. The topological polar surface area (TPSA) is 112 Å². The van der Waals surface area contributed by atoms with Crippen molar-refractivity contribution in [3.63, 3.8) is 0 Å². The molecule has 1 aromatic heterocycles. The van der Waals surface area contributed by atoms with Gasteiger partial charge in [-0.05, 0) is 36.5 Å². The lowest BCUT2D eigenvalue weighted by Crippen LogP contribution is -2.25. The number of carbonyl (C=O) groups is 2. The van der Waals surface area contributed by atoms with Gasteiger partial charge in [0.25, 0.3) is 6.47 Å². The van der Waals surface area contributed by atoms with E-state index in [1.165, 1.54) is 12.8 Å². The van der Waals surface area contributed by atoms with Gasteiger partial charge in [-0.2, -0.15) is 5.10 Å². The minimum absolute atomic E-state index is 0.00619. The third-order valence-electron chi connectivity index (χ3n) is 5.10. The Morgan fingerprint density at radius 2 is 2.18 bits per heavy atom. The van der Waals surface area contributed by atoms with Crippen LogP contribution in [0.3, 0.4) is 0 Å². The van der Waals surface area contributed by atoms with Crippen molar-refractivity contribution >= 4 is 18.2 Å². The van der Waals surface area contributed by atoms with Crippen molar-refractivity contribution in [2.75, 3.05) is 19.2 Å². The van der Waals surface area contributed by atoms with E-state index in [4.69, 9.17) is 24.1 Å². The van der Waals surface area contributed by atoms with Crippen molar-refractivity contribution in [2.24, 2.45) is 5.92 Å². The number of nitrogens with zero attached hydrogens (tertiary/aromatic N) is 2. The van der Waals surface area contributed by atoms with Gasteiger partial charge in [0.15, 0.2) is 11.5 Å². The van der Waals surface area contributed by atoms with Gasteiger partial charge in [0.1, 0.15) is 5.82 Å². The van der Waals surface area contributed by atoms with Gasteiger partial charge in [0.2, 0.25) is 18.4 Å². The molecular weight excluding hydrogens is 366 g/mol. The fourth-order valence-electron chi connectivity index (χ4n) is 3.60. The molecule has 9 heteroatoms. The smallest absolute Gasteiger partial charge is 0.290 e. The summed E-state index contributed by atoms with van der Waals surface area (Å²) in [5.74, 6) is 3.36. The second-order valence-corrected chi connectivity index (χ2v) is 6.94. The fourth-order valence-corrected chi connectivity index (χ4v) is 3.60. The molecule has 3 heterocycles. The van der Waals surface area contributed by atoms with Gasteiger partial charge in [0.05, 0.1) is 13.3 Å². The van der Waals surface area contributed by atoms with Crippen molar-refractivity contribution in [3.05, 3.63) is 29.5 Å². The second-order valence-electron chi connectivity index (χ2n) is 6.94. The Bertz CT molecular complexity index is 905. The van der Waals surface area contributed by atoms with E-state index in [1.54, 1.807) is 7.11 Å². The first-order valence-corrected chi connectivity index (χ1v) is 9.05. The molecule has 1 fully saturated rings. The predicted octanol–water partition coefficient (Wildman–Crippen LogP) is 2.21. The second kappa shape index (κ2) is 7.41. The molecule has 2 aliphatic heterocycles. The summed E-state index contributed by atoms with van der Waals surface area (Å²) in [4.78, 5) is 20.7. The number of amides is 1.